The van der Waals surface area contributed by atoms with Gasteiger partial charge < -0.3 is 24.9 Å². The summed E-state index contributed by atoms with van der Waals surface area (Å²) in [5.74, 6) is -3.14. The van der Waals surface area contributed by atoms with Crippen LogP contribution >= 0.6 is 0 Å². The Bertz CT molecular complexity index is 1850. The molecule has 2 amide bonds. The van der Waals surface area contributed by atoms with Crippen molar-refractivity contribution in [1.29, 1.82) is 0 Å². The number of fused-ring (bicyclic) bond motifs is 1. The molecule has 3 N–H and O–H groups in total. The van der Waals surface area contributed by atoms with Crippen molar-refractivity contribution in [1.82, 2.24) is 25.8 Å². The number of halogens is 5. The summed E-state index contributed by atoms with van der Waals surface area (Å²) in [4.78, 5) is 34.3. The molecule has 0 fully saturated rings. The lowest BCUT2D eigenvalue weighted by Gasteiger charge is -2.22. The minimum atomic E-state index is -4.64. The molecule has 0 spiro atoms. The van der Waals surface area contributed by atoms with Crippen LogP contribution in [0.3, 0.4) is 0 Å². The van der Waals surface area contributed by atoms with Gasteiger partial charge in [-0.05, 0) is 61.9 Å². The number of rotatable bonds is 8. The number of amides is 2. The normalized spacial score (nSPS) is 11.9. The van der Waals surface area contributed by atoms with E-state index in [4.69, 9.17) is 8.94 Å². The third kappa shape index (κ3) is 6.07. The number of aromatic nitrogens is 3. The first-order valence-electron chi connectivity index (χ1n) is 12.9. The van der Waals surface area contributed by atoms with E-state index < -0.39 is 47.3 Å². The highest BCUT2D eigenvalue weighted by atomic mass is 19.4. The Labute approximate surface area is 245 Å². The molecule has 0 bridgehead atoms. The largest absolute Gasteiger partial charge is 0.437 e. The zero-order valence-electron chi connectivity index (χ0n) is 23.3. The fraction of sp³-hybridized carbons (Fsp3) is 0.207. The van der Waals surface area contributed by atoms with Crippen LogP contribution in [0.2, 0.25) is 0 Å². The van der Waals surface area contributed by atoms with E-state index in [9.17, 15) is 31.5 Å². The number of anilines is 1. The molecule has 0 atom stereocenters. The monoisotopic (exact) mass is 614 g/mol. The second-order valence-electron chi connectivity index (χ2n) is 10.1. The third-order valence-corrected chi connectivity index (χ3v) is 6.57. The summed E-state index contributed by atoms with van der Waals surface area (Å²) in [5.41, 5.74) is -1.43. The number of benzene rings is 2. The van der Waals surface area contributed by atoms with Crippen LogP contribution in [-0.2, 0) is 5.54 Å². The van der Waals surface area contributed by atoms with E-state index in [2.05, 4.69) is 31.1 Å². The first-order valence-corrected chi connectivity index (χ1v) is 12.9. The average Bonchev–Trinajstić information content (AvgIpc) is 3.64. The Kier molecular flexibility index (Phi) is 7.80. The van der Waals surface area contributed by atoms with Crippen LogP contribution in [0.1, 0.15) is 40.4 Å². The van der Waals surface area contributed by atoms with Crippen LogP contribution in [0.25, 0.3) is 33.6 Å². The lowest BCUT2D eigenvalue weighted by Crippen LogP contribution is -2.42. The molecule has 5 aromatic rings. The highest BCUT2D eigenvalue weighted by Gasteiger charge is 2.31. The molecule has 15 heteroatoms. The Hall–Kier alpha value is -5.34. The number of hydrogen-bond acceptors (Lipinski definition) is 8. The maximum atomic E-state index is 15.0. The van der Waals surface area contributed by atoms with E-state index in [0.29, 0.717) is 5.56 Å². The second-order valence-corrected chi connectivity index (χ2v) is 10.1. The third-order valence-electron chi connectivity index (χ3n) is 6.57. The molecule has 0 unspecified atom stereocenters. The topological polar surface area (TPSA) is 135 Å². The highest BCUT2D eigenvalue weighted by molar-refractivity contribution is 6.11. The zero-order chi connectivity index (χ0) is 31.8. The number of carbonyl (C=O) groups is 2. The Morgan fingerprint density at radius 2 is 1.66 bits per heavy atom. The standard InChI is InChI=1S/C29H23F5N6O4/c1-28(2,27-37-13-43-40-27)39-24(41)18-10-15(6-9-20(18)31)17-11-19-21(25(42)35-3)22(14-4-7-16(30)8-5-14)44-26(19)38-23(17)36-12-29(32,33)34/h4-11,13H,12H2,1-3H3,(H,35,42)(H,36,38)(H,39,41). The van der Waals surface area contributed by atoms with Crippen molar-refractivity contribution < 1.29 is 40.5 Å². The van der Waals surface area contributed by atoms with Crippen LogP contribution in [-0.4, -0.2) is 46.7 Å². The molecular formula is C29H23F5N6O4. The van der Waals surface area contributed by atoms with Gasteiger partial charge in [0.15, 0.2) is 5.82 Å². The molecule has 5 rings (SSSR count). The van der Waals surface area contributed by atoms with E-state index in [0.717, 1.165) is 30.7 Å². The molecular weight excluding hydrogens is 591 g/mol. The van der Waals surface area contributed by atoms with Crippen LogP contribution in [0.15, 0.2) is 63.9 Å². The molecule has 0 aliphatic carbocycles. The lowest BCUT2D eigenvalue weighted by atomic mass is 9.98. The molecule has 0 saturated heterocycles. The van der Waals surface area contributed by atoms with Crippen LogP contribution < -0.4 is 16.0 Å². The Balaban J connectivity index is 1.66. The lowest BCUT2D eigenvalue weighted by molar-refractivity contribution is -0.115. The zero-order valence-corrected chi connectivity index (χ0v) is 23.3. The molecule has 0 saturated carbocycles. The Morgan fingerprint density at radius 3 is 2.30 bits per heavy atom. The van der Waals surface area contributed by atoms with Crippen molar-refractivity contribution in [3.8, 4) is 22.5 Å². The quantitative estimate of drug-likeness (QED) is 0.186. The Morgan fingerprint density at radius 1 is 0.955 bits per heavy atom. The van der Waals surface area contributed by atoms with Gasteiger partial charge in [-0.15, -0.1) is 0 Å². The fourth-order valence-corrected chi connectivity index (χ4v) is 4.44. The molecule has 2 aromatic carbocycles. The number of pyridine rings is 1. The van der Waals surface area contributed by atoms with Crippen LogP contribution in [0.4, 0.5) is 27.8 Å². The molecule has 3 heterocycles. The molecule has 228 valence electrons. The van der Waals surface area contributed by atoms with Crippen LogP contribution in [0.5, 0.6) is 0 Å². The van der Waals surface area contributed by atoms with Gasteiger partial charge in [-0.1, -0.05) is 11.2 Å². The van der Waals surface area contributed by atoms with E-state index in [1.807, 2.05) is 0 Å². The predicted molar refractivity (Wildman–Crippen MR) is 148 cm³/mol. The van der Waals surface area contributed by atoms with Crippen molar-refractivity contribution in [3.63, 3.8) is 0 Å². The molecule has 44 heavy (non-hydrogen) atoms. The molecule has 0 aliphatic rings. The number of furan rings is 1. The van der Waals surface area contributed by atoms with Crippen molar-refractivity contribution in [2.75, 3.05) is 18.9 Å². The molecule has 0 radical (unpaired) electrons. The van der Waals surface area contributed by atoms with Gasteiger partial charge in [-0.2, -0.15) is 23.1 Å². The van der Waals surface area contributed by atoms with Gasteiger partial charge in [0.25, 0.3) is 11.8 Å². The minimum absolute atomic E-state index is 0.00448. The van der Waals surface area contributed by atoms with Gasteiger partial charge in [-0.3, -0.25) is 9.59 Å². The SMILES string of the molecule is CNC(=O)c1c(-c2ccc(F)cc2)oc2nc(NCC(F)(F)F)c(-c3ccc(F)c(C(=O)NC(C)(C)c4ncon4)c3)cc12. The van der Waals surface area contributed by atoms with Gasteiger partial charge in [0.05, 0.1) is 22.1 Å². The second kappa shape index (κ2) is 11.4. The number of carbonyl (C=O) groups excluding carboxylic acids is 2. The summed E-state index contributed by atoms with van der Waals surface area (Å²) < 4.78 is 78.8. The molecule has 0 aliphatic heterocycles. The van der Waals surface area contributed by atoms with Crippen molar-refractivity contribution >= 4 is 28.7 Å². The van der Waals surface area contributed by atoms with Crippen LogP contribution in [0, 0.1) is 11.6 Å². The summed E-state index contributed by atoms with van der Waals surface area (Å²) in [6.07, 6.45) is -3.58. The van der Waals surface area contributed by atoms with Gasteiger partial charge in [-0.25, -0.2) is 8.78 Å². The molecule has 3 aromatic heterocycles. The number of alkyl halides is 3. The van der Waals surface area contributed by atoms with Crippen molar-refractivity contribution in [2.45, 2.75) is 25.6 Å². The van der Waals surface area contributed by atoms with Gasteiger partial charge >= 0.3 is 6.18 Å². The smallest absolute Gasteiger partial charge is 0.405 e. The average molecular weight is 615 g/mol. The first kappa shape index (κ1) is 30.1. The van der Waals surface area contributed by atoms with E-state index in [1.165, 1.54) is 31.3 Å². The van der Waals surface area contributed by atoms with Crippen molar-refractivity contribution in [3.05, 3.63) is 83.5 Å². The maximum Gasteiger partial charge on any atom is 0.405 e. The van der Waals surface area contributed by atoms with E-state index in [-0.39, 0.29) is 45.2 Å². The van der Waals surface area contributed by atoms with Crippen molar-refractivity contribution in [2.24, 2.45) is 0 Å². The first-order chi connectivity index (χ1) is 20.8. The molecule has 10 nitrogen and oxygen atoms in total. The number of hydrogen-bond donors (Lipinski definition) is 3. The van der Waals surface area contributed by atoms with Gasteiger partial charge in [0, 0.05) is 18.2 Å². The van der Waals surface area contributed by atoms with E-state index in [1.54, 1.807) is 13.8 Å². The van der Waals surface area contributed by atoms with Gasteiger partial charge in [0.1, 0.15) is 29.8 Å². The minimum Gasteiger partial charge on any atom is -0.437 e. The van der Waals surface area contributed by atoms with Gasteiger partial charge in [0.2, 0.25) is 12.1 Å². The summed E-state index contributed by atoms with van der Waals surface area (Å²) in [5, 5.41) is 11.1. The highest BCUT2D eigenvalue weighted by Crippen LogP contribution is 2.38. The number of nitrogens with one attached hydrogen (secondary N) is 3. The summed E-state index contributed by atoms with van der Waals surface area (Å²) in [7, 11) is 1.37. The summed E-state index contributed by atoms with van der Waals surface area (Å²) in [6.45, 7) is 1.64. The van der Waals surface area contributed by atoms with E-state index >= 15 is 0 Å². The number of nitrogens with zero attached hydrogens (tertiary/aromatic N) is 3. The predicted octanol–water partition coefficient (Wildman–Crippen LogP) is 5.82. The summed E-state index contributed by atoms with van der Waals surface area (Å²) >= 11 is 0. The maximum absolute atomic E-state index is 15.0. The summed E-state index contributed by atoms with van der Waals surface area (Å²) in [6, 6.07) is 9.74. The fourth-order valence-electron chi connectivity index (χ4n) is 4.44.